The zero-order valence-electron chi connectivity index (χ0n) is 12.4. The predicted molar refractivity (Wildman–Crippen MR) is 74.2 cm³/mol. The lowest BCUT2D eigenvalue weighted by molar-refractivity contribution is -0.0492. The third-order valence-electron chi connectivity index (χ3n) is 3.73. The molecule has 0 aliphatic heterocycles. The van der Waals surface area contributed by atoms with Crippen molar-refractivity contribution >= 4 is 0 Å². The van der Waals surface area contributed by atoms with Crippen LogP contribution in [-0.2, 0) is 9.47 Å². The molecule has 1 aliphatic carbocycles. The second-order valence-corrected chi connectivity index (χ2v) is 5.61. The van der Waals surface area contributed by atoms with Crippen LogP contribution in [0.15, 0.2) is 0 Å². The van der Waals surface area contributed by atoms with Crippen LogP contribution in [-0.4, -0.2) is 73.4 Å². The number of nitrogens with zero attached hydrogens (tertiary/aromatic N) is 1. The quantitative estimate of drug-likeness (QED) is 0.680. The molecule has 1 saturated carbocycles. The van der Waals surface area contributed by atoms with E-state index in [1.165, 1.54) is 0 Å². The van der Waals surface area contributed by atoms with Crippen LogP contribution in [0, 0.1) is 0 Å². The molecule has 4 atom stereocenters. The molecular weight excluding hydrogens is 246 g/mol. The second-order valence-electron chi connectivity index (χ2n) is 5.61. The van der Waals surface area contributed by atoms with Gasteiger partial charge in [-0.1, -0.05) is 12.8 Å². The number of hydrogen-bond donors (Lipinski definition) is 2. The Kier molecular flexibility index (Phi) is 7.87. The Morgan fingerprint density at radius 3 is 2.58 bits per heavy atom. The van der Waals surface area contributed by atoms with Crippen LogP contribution < -0.4 is 0 Å². The molecule has 4 unspecified atom stereocenters. The molecule has 0 saturated heterocycles. The van der Waals surface area contributed by atoms with Crippen LogP contribution in [0.3, 0.4) is 0 Å². The number of hydrogen-bond acceptors (Lipinski definition) is 5. The summed E-state index contributed by atoms with van der Waals surface area (Å²) in [6, 6.07) is 0.166. The van der Waals surface area contributed by atoms with Crippen LogP contribution in [0.1, 0.15) is 32.6 Å². The molecule has 0 aromatic carbocycles. The molecule has 5 heteroatoms. The fourth-order valence-corrected chi connectivity index (χ4v) is 2.68. The molecule has 0 spiro atoms. The molecule has 1 fully saturated rings. The zero-order chi connectivity index (χ0) is 14.3. The summed E-state index contributed by atoms with van der Waals surface area (Å²) in [7, 11) is 3.59. The first kappa shape index (κ1) is 16.9. The lowest BCUT2D eigenvalue weighted by Gasteiger charge is -2.36. The minimum atomic E-state index is -0.529. The van der Waals surface area contributed by atoms with Gasteiger partial charge in [0, 0.05) is 19.7 Å². The number of aliphatic hydroxyl groups excluding tert-OH is 2. The van der Waals surface area contributed by atoms with E-state index in [9.17, 15) is 10.2 Å². The molecule has 0 radical (unpaired) electrons. The maximum absolute atomic E-state index is 9.97. The van der Waals surface area contributed by atoms with Crippen LogP contribution in [0.5, 0.6) is 0 Å². The molecule has 1 rings (SSSR count). The second kappa shape index (κ2) is 8.87. The molecule has 0 aromatic rings. The highest BCUT2D eigenvalue weighted by atomic mass is 16.5. The Balaban J connectivity index is 2.24. The summed E-state index contributed by atoms with van der Waals surface area (Å²) in [5.74, 6) is 0. The number of aliphatic hydroxyl groups is 2. The van der Waals surface area contributed by atoms with Gasteiger partial charge in [0.05, 0.1) is 31.5 Å². The zero-order valence-corrected chi connectivity index (χ0v) is 12.4. The summed E-state index contributed by atoms with van der Waals surface area (Å²) in [6.45, 7) is 3.29. The van der Waals surface area contributed by atoms with E-state index < -0.39 is 6.10 Å². The fourth-order valence-electron chi connectivity index (χ4n) is 2.68. The average molecular weight is 275 g/mol. The monoisotopic (exact) mass is 275 g/mol. The average Bonchev–Trinajstić information content (AvgIpc) is 2.37. The first-order valence-corrected chi connectivity index (χ1v) is 7.21. The highest BCUT2D eigenvalue weighted by Gasteiger charge is 2.27. The normalized spacial score (nSPS) is 27.5. The summed E-state index contributed by atoms with van der Waals surface area (Å²) in [5, 5.41) is 19.9. The van der Waals surface area contributed by atoms with Gasteiger partial charge in [0.25, 0.3) is 0 Å². The van der Waals surface area contributed by atoms with Gasteiger partial charge in [-0.3, -0.25) is 4.90 Å². The summed E-state index contributed by atoms with van der Waals surface area (Å²) < 4.78 is 10.5. The van der Waals surface area contributed by atoms with Gasteiger partial charge in [-0.25, -0.2) is 0 Å². The van der Waals surface area contributed by atoms with Crippen molar-refractivity contribution in [3.8, 4) is 0 Å². The van der Waals surface area contributed by atoms with Crippen LogP contribution in [0.2, 0.25) is 0 Å². The van der Waals surface area contributed by atoms with Gasteiger partial charge in [-0.15, -0.1) is 0 Å². The van der Waals surface area contributed by atoms with Crippen molar-refractivity contribution in [2.24, 2.45) is 0 Å². The molecule has 0 heterocycles. The van der Waals surface area contributed by atoms with Gasteiger partial charge in [-0.2, -0.15) is 0 Å². The van der Waals surface area contributed by atoms with Crippen LogP contribution >= 0.6 is 0 Å². The topological polar surface area (TPSA) is 62.2 Å². The molecule has 2 N–H and O–H groups in total. The maximum Gasteiger partial charge on any atom is 0.0900 e. The highest BCUT2D eigenvalue weighted by molar-refractivity contribution is 4.82. The molecule has 19 heavy (non-hydrogen) atoms. The van der Waals surface area contributed by atoms with E-state index in [0.29, 0.717) is 19.8 Å². The van der Waals surface area contributed by atoms with Crippen molar-refractivity contribution in [2.75, 3.05) is 33.9 Å². The van der Waals surface area contributed by atoms with Gasteiger partial charge in [0.1, 0.15) is 0 Å². The predicted octanol–water partition coefficient (Wildman–Crippen LogP) is 0.634. The van der Waals surface area contributed by atoms with Crippen molar-refractivity contribution < 1.29 is 19.7 Å². The fraction of sp³-hybridized carbons (Fsp3) is 1.00. The molecule has 0 bridgehead atoms. The van der Waals surface area contributed by atoms with E-state index in [1.54, 1.807) is 7.11 Å². The minimum Gasteiger partial charge on any atom is -0.391 e. The Morgan fingerprint density at radius 2 is 1.95 bits per heavy atom. The Hall–Kier alpha value is -0.200. The largest absolute Gasteiger partial charge is 0.391 e. The molecule has 0 aromatic heterocycles. The smallest absolute Gasteiger partial charge is 0.0900 e. The lowest BCUT2D eigenvalue weighted by Crippen LogP contribution is -2.47. The Bertz CT molecular complexity index is 239. The first-order chi connectivity index (χ1) is 9.04. The van der Waals surface area contributed by atoms with E-state index in [4.69, 9.17) is 9.47 Å². The van der Waals surface area contributed by atoms with Crippen LogP contribution in [0.4, 0.5) is 0 Å². The van der Waals surface area contributed by atoms with E-state index in [-0.39, 0.29) is 18.2 Å². The van der Waals surface area contributed by atoms with E-state index in [1.807, 2.05) is 14.0 Å². The SMILES string of the molecule is COCC(C)OCC(O)CN(C)C1CCCCC1O. The third kappa shape index (κ3) is 6.19. The number of rotatable bonds is 8. The lowest BCUT2D eigenvalue weighted by atomic mass is 9.91. The van der Waals surface area contributed by atoms with Crippen molar-refractivity contribution in [1.29, 1.82) is 0 Å². The van der Waals surface area contributed by atoms with E-state index in [2.05, 4.69) is 4.90 Å². The number of ether oxygens (including phenoxy) is 2. The third-order valence-corrected chi connectivity index (χ3v) is 3.73. The molecule has 0 amide bonds. The van der Waals surface area contributed by atoms with Crippen molar-refractivity contribution in [3.05, 3.63) is 0 Å². The Labute approximate surface area is 116 Å². The van der Waals surface area contributed by atoms with Gasteiger partial charge in [0.15, 0.2) is 0 Å². The standard InChI is InChI=1S/C14H29NO4/c1-11(9-18-3)19-10-12(16)8-15(2)13-6-4-5-7-14(13)17/h11-14,16-17H,4-10H2,1-3H3. The minimum absolute atomic E-state index is 0.00905. The van der Waals surface area contributed by atoms with Gasteiger partial charge < -0.3 is 19.7 Å². The van der Waals surface area contributed by atoms with E-state index >= 15 is 0 Å². The summed E-state index contributed by atoms with van der Waals surface area (Å²) in [4.78, 5) is 2.05. The van der Waals surface area contributed by atoms with Gasteiger partial charge in [-0.05, 0) is 26.8 Å². The number of methoxy groups -OCH3 is 1. The highest BCUT2D eigenvalue weighted by Crippen LogP contribution is 2.22. The molecule has 114 valence electrons. The summed E-state index contributed by atoms with van der Waals surface area (Å²) >= 11 is 0. The van der Waals surface area contributed by atoms with Crippen molar-refractivity contribution in [1.82, 2.24) is 4.90 Å². The molecular formula is C14H29NO4. The maximum atomic E-state index is 9.97. The van der Waals surface area contributed by atoms with E-state index in [0.717, 1.165) is 25.7 Å². The molecule has 5 nitrogen and oxygen atoms in total. The first-order valence-electron chi connectivity index (χ1n) is 7.21. The van der Waals surface area contributed by atoms with Crippen LogP contribution in [0.25, 0.3) is 0 Å². The van der Waals surface area contributed by atoms with Crippen molar-refractivity contribution in [3.63, 3.8) is 0 Å². The Morgan fingerprint density at radius 1 is 1.26 bits per heavy atom. The summed E-state index contributed by atoms with van der Waals surface area (Å²) in [5.41, 5.74) is 0. The summed E-state index contributed by atoms with van der Waals surface area (Å²) in [6.07, 6.45) is 3.33. The van der Waals surface area contributed by atoms with Gasteiger partial charge >= 0.3 is 0 Å². The number of likely N-dealkylation sites (N-methyl/N-ethyl adjacent to an activating group) is 1. The van der Waals surface area contributed by atoms with Crippen molar-refractivity contribution in [2.45, 2.75) is 57.0 Å². The molecule has 1 aliphatic rings. The van der Waals surface area contributed by atoms with Gasteiger partial charge in [0.2, 0.25) is 0 Å².